The van der Waals surface area contributed by atoms with Crippen molar-refractivity contribution in [1.29, 1.82) is 0 Å². The maximum Gasteiger partial charge on any atom is 0.406 e. The Morgan fingerprint density at radius 3 is 2.70 bits per heavy atom. The number of hydrogen-bond donors (Lipinski definition) is 0. The van der Waals surface area contributed by atoms with Crippen LogP contribution >= 0.6 is 11.8 Å². The van der Waals surface area contributed by atoms with E-state index in [4.69, 9.17) is 0 Å². The lowest BCUT2D eigenvalue weighted by Crippen LogP contribution is -2.18. The summed E-state index contributed by atoms with van der Waals surface area (Å²) in [6.07, 6.45) is 0.145. The Morgan fingerprint density at radius 1 is 1.22 bits per heavy atom. The van der Waals surface area contributed by atoms with Crippen LogP contribution in [-0.2, 0) is 18.8 Å². The number of alkyl halides is 3. The Kier molecular flexibility index (Phi) is 5.69. The highest BCUT2D eigenvalue weighted by Gasteiger charge is 2.29. The van der Waals surface area contributed by atoms with Gasteiger partial charge in [-0.2, -0.15) is 13.2 Å². The Hall–Kier alpha value is -2.55. The van der Waals surface area contributed by atoms with Crippen molar-refractivity contribution in [2.24, 2.45) is 0 Å². The Balaban J connectivity index is 1.84. The summed E-state index contributed by atoms with van der Waals surface area (Å²) in [7, 11) is 0. The van der Waals surface area contributed by atoms with E-state index in [2.05, 4.69) is 21.8 Å². The van der Waals surface area contributed by atoms with Crippen LogP contribution < -0.4 is 0 Å². The van der Waals surface area contributed by atoms with Crippen LogP contribution in [0, 0.1) is 6.92 Å². The molecular formula is C18H18F3N5S. The molecule has 27 heavy (non-hydrogen) atoms. The molecule has 0 atom stereocenters. The Labute approximate surface area is 158 Å². The van der Waals surface area contributed by atoms with E-state index in [1.165, 1.54) is 24.2 Å². The van der Waals surface area contributed by atoms with Gasteiger partial charge in [0.05, 0.1) is 5.75 Å². The summed E-state index contributed by atoms with van der Waals surface area (Å²) < 4.78 is 41.0. The first kappa shape index (κ1) is 19.2. The number of imidazole rings is 1. The third-order valence-electron chi connectivity index (χ3n) is 3.90. The van der Waals surface area contributed by atoms with Crippen molar-refractivity contribution in [1.82, 2.24) is 24.3 Å². The van der Waals surface area contributed by atoms with Crippen molar-refractivity contribution in [2.75, 3.05) is 0 Å². The summed E-state index contributed by atoms with van der Waals surface area (Å²) in [6, 6.07) is 7.83. The third kappa shape index (κ3) is 4.60. The lowest BCUT2D eigenvalue weighted by Gasteiger charge is -2.11. The van der Waals surface area contributed by atoms with Crippen LogP contribution in [0.5, 0.6) is 0 Å². The van der Waals surface area contributed by atoms with E-state index < -0.39 is 12.7 Å². The fraction of sp³-hybridized carbons (Fsp3) is 0.278. The minimum Gasteiger partial charge on any atom is -0.325 e. The summed E-state index contributed by atoms with van der Waals surface area (Å²) in [5.74, 6) is 1.30. The molecular weight excluding hydrogens is 375 g/mol. The van der Waals surface area contributed by atoms with Crippen LogP contribution in [-0.4, -0.2) is 30.5 Å². The Morgan fingerprint density at radius 2 is 2.00 bits per heavy atom. The smallest absolute Gasteiger partial charge is 0.325 e. The second-order valence-electron chi connectivity index (χ2n) is 5.90. The van der Waals surface area contributed by atoms with Gasteiger partial charge in [-0.1, -0.05) is 42.1 Å². The van der Waals surface area contributed by atoms with Gasteiger partial charge >= 0.3 is 6.18 Å². The first-order valence-electron chi connectivity index (χ1n) is 8.18. The molecule has 0 bridgehead atoms. The van der Waals surface area contributed by atoms with Crippen molar-refractivity contribution in [3.05, 3.63) is 60.7 Å². The maximum absolute atomic E-state index is 12.7. The number of benzene rings is 1. The van der Waals surface area contributed by atoms with Gasteiger partial charge in [0, 0.05) is 24.5 Å². The highest BCUT2D eigenvalue weighted by atomic mass is 32.2. The van der Waals surface area contributed by atoms with E-state index in [9.17, 15) is 13.2 Å². The van der Waals surface area contributed by atoms with Crippen LogP contribution in [0.4, 0.5) is 13.2 Å². The second kappa shape index (κ2) is 7.99. The van der Waals surface area contributed by atoms with Crippen molar-refractivity contribution in [3.8, 4) is 11.4 Å². The minimum absolute atomic E-state index is 0.256. The third-order valence-corrected chi connectivity index (χ3v) is 4.86. The highest BCUT2D eigenvalue weighted by Crippen LogP contribution is 2.28. The van der Waals surface area contributed by atoms with Gasteiger partial charge < -0.3 is 4.57 Å². The number of halogens is 3. The molecule has 1 aromatic carbocycles. The normalized spacial score (nSPS) is 11.7. The lowest BCUT2D eigenvalue weighted by atomic mass is 10.1. The summed E-state index contributed by atoms with van der Waals surface area (Å²) in [4.78, 5) is 4.03. The number of allylic oxidation sites excluding steroid dienone is 1. The van der Waals surface area contributed by atoms with E-state index in [0.29, 0.717) is 23.4 Å². The molecule has 9 heteroatoms. The molecule has 3 rings (SSSR count). The van der Waals surface area contributed by atoms with Crippen molar-refractivity contribution in [3.63, 3.8) is 0 Å². The summed E-state index contributed by atoms with van der Waals surface area (Å²) in [5, 5.41) is 9.12. The molecule has 0 aliphatic heterocycles. The average molecular weight is 393 g/mol. The lowest BCUT2D eigenvalue weighted by molar-refractivity contribution is -0.140. The monoisotopic (exact) mass is 393 g/mol. The van der Waals surface area contributed by atoms with E-state index in [1.807, 2.05) is 35.8 Å². The molecule has 3 aromatic rings. The number of rotatable bonds is 7. The van der Waals surface area contributed by atoms with Crippen LogP contribution in [0.1, 0.15) is 11.4 Å². The minimum atomic E-state index is -4.29. The van der Waals surface area contributed by atoms with E-state index in [0.717, 1.165) is 15.7 Å². The quantitative estimate of drug-likeness (QED) is 0.438. The van der Waals surface area contributed by atoms with Gasteiger partial charge in [0.15, 0.2) is 11.0 Å². The number of thioether (sulfide) groups is 1. The fourth-order valence-electron chi connectivity index (χ4n) is 2.66. The average Bonchev–Trinajstić information content (AvgIpc) is 3.19. The zero-order valence-corrected chi connectivity index (χ0v) is 15.5. The first-order chi connectivity index (χ1) is 12.9. The highest BCUT2D eigenvalue weighted by molar-refractivity contribution is 7.98. The van der Waals surface area contributed by atoms with Crippen molar-refractivity contribution >= 4 is 11.8 Å². The second-order valence-corrected chi connectivity index (χ2v) is 6.84. The molecule has 0 aliphatic carbocycles. The predicted octanol–water partition coefficient (Wildman–Crippen LogP) is 4.49. The van der Waals surface area contributed by atoms with Gasteiger partial charge in [-0.25, -0.2) is 4.98 Å². The number of aryl methyl sites for hydroxylation is 1. The Bertz CT molecular complexity index is 929. The number of nitrogens with zero attached hydrogens (tertiary/aromatic N) is 5. The summed E-state index contributed by atoms with van der Waals surface area (Å²) in [6.45, 7) is 5.20. The van der Waals surface area contributed by atoms with E-state index >= 15 is 0 Å². The van der Waals surface area contributed by atoms with Crippen LogP contribution in [0.2, 0.25) is 0 Å². The zero-order valence-electron chi connectivity index (χ0n) is 14.6. The van der Waals surface area contributed by atoms with Gasteiger partial charge in [-0.3, -0.25) is 4.57 Å². The fourth-order valence-corrected chi connectivity index (χ4v) is 3.57. The standard InChI is InChI=1S/C18H18F3N5S/c1-3-9-26-16(14-7-5-4-6-13(14)2)23-24-17(26)27-11-15-22-8-10-25(15)12-18(19,20)21/h3-8,10H,1,9,11-12H2,2H3. The molecule has 0 saturated carbocycles. The number of hydrogen-bond acceptors (Lipinski definition) is 4. The molecule has 2 heterocycles. The molecule has 5 nitrogen and oxygen atoms in total. The molecule has 142 valence electrons. The molecule has 0 saturated heterocycles. The molecule has 0 aliphatic rings. The summed E-state index contributed by atoms with van der Waals surface area (Å²) >= 11 is 1.30. The van der Waals surface area contributed by atoms with Gasteiger partial charge in [0.25, 0.3) is 0 Å². The van der Waals surface area contributed by atoms with Crippen LogP contribution in [0.3, 0.4) is 0 Å². The zero-order chi connectivity index (χ0) is 19.4. The first-order valence-corrected chi connectivity index (χ1v) is 9.17. The number of aromatic nitrogens is 5. The van der Waals surface area contributed by atoms with Crippen LogP contribution in [0.25, 0.3) is 11.4 Å². The molecule has 0 unspecified atom stereocenters. The van der Waals surface area contributed by atoms with Gasteiger partial charge in [0.2, 0.25) is 0 Å². The van der Waals surface area contributed by atoms with Gasteiger partial charge in [-0.15, -0.1) is 16.8 Å². The molecule has 0 spiro atoms. The summed E-state index contributed by atoms with van der Waals surface area (Å²) in [5.41, 5.74) is 2.02. The molecule has 0 radical (unpaired) electrons. The van der Waals surface area contributed by atoms with E-state index in [-0.39, 0.29) is 5.75 Å². The van der Waals surface area contributed by atoms with E-state index in [1.54, 1.807) is 6.08 Å². The van der Waals surface area contributed by atoms with Crippen LogP contribution in [0.15, 0.2) is 54.5 Å². The van der Waals surface area contributed by atoms with Gasteiger partial charge in [0.1, 0.15) is 12.4 Å². The van der Waals surface area contributed by atoms with Crippen molar-refractivity contribution in [2.45, 2.75) is 37.1 Å². The maximum atomic E-state index is 12.7. The van der Waals surface area contributed by atoms with Gasteiger partial charge in [-0.05, 0) is 12.5 Å². The predicted molar refractivity (Wildman–Crippen MR) is 98.2 cm³/mol. The molecule has 2 aromatic heterocycles. The molecule has 0 amide bonds. The molecule has 0 fully saturated rings. The topological polar surface area (TPSA) is 48.5 Å². The largest absolute Gasteiger partial charge is 0.406 e. The molecule has 0 N–H and O–H groups in total. The SMILES string of the molecule is C=CCn1c(SCc2nccn2CC(F)(F)F)nnc1-c1ccccc1C. The van der Waals surface area contributed by atoms with Crippen molar-refractivity contribution < 1.29 is 13.2 Å².